The van der Waals surface area contributed by atoms with Crippen LogP contribution in [0.3, 0.4) is 0 Å². The fourth-order valence-electron chi connectivity index (χ4n) is 3.11. The number of carbonyl (C=O) groups excluding carboxylic acids is 1. The number of hydrogen-bond donors (Lipinski definition) is 0. The number of rotatable bonds is 5. The molecule has 1 unspecified atom stereocenters. The molecule has 0 aromatic rings. The summed E-state index contributed by atoms with van der Waals surface area (Å²) in [6.45, 7) is 9.02. The molecule has 1 heteroatoms. The van der Waals surface area contributed by atoms with Gasteiger partial charge in [-0.25, -0.2) is 0 Å². The van der Waals surface area contributed by atoms with Gasteiger partial charge in [0.15, 0.2) is 0 Å². The summed E-state index contributed by atoms with van der Waals surface area (Å²) in [6.07, 6.45) is 6.76. The topological polar surface area (TPSA) is 17.1 Å². The third kappa shape index (κ3) is 3.61. The van der Waals surface area contributed by atoms with Crippen LogP contribution in [0, 0.1) is 23.7 Å². The van der Waals surface area contributed by atoms with Gasteiger partial charge in [-0.15, -0.1) is 0 Å². The van der Waals surface area contributed by atoms with Gasteiger partial charge >= 0.3 is 0 Å². The van der Waals surface area contributed by atoms with Gasteiger partial charge in [0, 0.05) is 12.3 Å². The molecule has 1 saturated carbocycles. The molecule has 1 rings (SSSR count). The number of ketones is 1. The van der Waals surface area contributed by atoms with E-state index in [0.717, 1.165) is 31.6 Å². The first-order chi connectivity index (χ1) is 7.56. The third-order valence-corrected chi connectivity index (χ3v) is 4.21. The predicted molar refractivity (Wildman–Crippen MR) is 69.4 cm³/mol. The van der Waals surface area contributed by atoms with Gasteiger partial charge in [-0.05, 0) is 37.0 Å². The zero-order valence-corrected chi connectivity index (χ0v) is 11.5. The van der Waals surface area contributed by atoms with Gasteiger partial charge in [-0.2, -0.15) is 0 Å². The fourth-order valence-corrected chi connectivity index (χ4v) is 3.11. The van der Waals surface area contributed by atoms with E-state index in [0.29, 0.717) is 23.5 Å². The molecule has 0 radical (unpaired) electrons. The van der Waals surface area contributed by atoms with Gasteiger partial charge in [0.25, 0.3) is 0 Å². The second-order valence-corrected chi connectivity index (χ2v) is 6.00. The van der Waals surface area contributed by atoms with Crippen molar-refractivity contribution in [1.29, 1.82) is 0 Å². The van der Waals surface area contributed by atoms with E-state index in [9.17, 15) is 4.79 Å². The van der Waals surface area contributed by atoms with Gasteiger partial charge in [0.2, 0.25) is 0 Å². The molecule has 0 amide bonds. The van der Waals surface area contributed by atoms with Crippen molar-refractivity contribution in [3.05, 3.63) is 0 Å². The van der Waals surface area contributed by atoms with Crippen molar-refractivity contribution < 1.29 is 4.79 Å². The number of hydrogen-bond acceptors (Lipinski definition) is 1. The molecule has 0 heterocycles. The summed E-state index contributed by atoms with van der Waals surface area (Å²) in [4.78, 5) is 12.2. The van der Waals surface area contributed by atoms with Crippen molar-refractivity contribution in [3.8, 4) is 0 Å². The van der Waals surface area contributed by atoms with Crippen LogP contribution in [0.2, 0.25) is 0 Å². The number of unbranched alkanes of at least 4 members (excludes halogenated alkanes) is 1. The van der Waals surface area contributed by atoms with E-state index in [2.05, 4.69) is 27.7 Å². The lowest BCUT2D eigenvalue weighted by Gasteiger charge is -2.36. The minimum atomic E-state index is 0.371. The highest BCUT2D eigenvalue weighted by molar-refractivity contribution is 5.81. The van der Waals surface area contributed by atoms with E-state index in [1.165, 1.54) is 12.8 Å². The molecule has 0 aromatic heterocycles. The maximum atomic E-state index is 12.2. The first-order valence-electron chi connectivity index (χ1n) is 7.09. The zero-order chi connectivity index (χ0) is 12.1. The minimum Gasteiger partial charge on any atom is -0.299 e. The second kappa shape index (κ2) is 6.42. The van der Waals surface area contributed by atoms with Gasteiger partial charge in [0.1, 0.15) is 5.78 Å². The summed E-state index contributed by atoms with van der Waals surface area (Å²) in [5.74, 6) is 3.00. The van der Waals surface area contributed by atoms with E-state index < -0.39 is 0 Å². The van der Waals surface area contributed by atoms with Crippen LogP contribution in [0.4, 0.5) is 0 Å². The summed E-state index contributed by atoms with van der Waals surface area (Å²) in [5.41, 5.74) is 0. The maximum Gasteiger partial charge on any atom is 0.136 e. The van der Waals surface area contributed by atoms with Crippen molar-refractivity contribution in [1.82, 2.24) is 0 Å². The molecular weight excluding hydrogens is 196 g/mol. The molecule has 0 spiro atoms. The molecule has 0 N–H and O–H groups in total. The molecule has 94 valence electrons. The van der Waals surface area contributed by atoms with Crippen LogP contribution < -0.4 is 0 Å². The standard InChI is InChI=1S/C15H28O/c1-5-6-7-15(16)14-10-12(4)8-9-13(14)11(2)3/h11-14H,5-10H2,1-4H3/t12-,13+,14?/m1/s1. The van der Waals surface area contributed by atoms with Crippen LogP contribution in [0.15, 0.2) is 0 Å². The molecule has 1 nitrogen and oxygen atoms in total. The normalized spacial score (nSPS) is 30.7. The quantitative estimate of drug-likeness (QED) is 0.674. The summed E-state index contributed by atoms with van der Waals surface area (Å²) in [6, 6.07) is 0. The molecule has 3 atom stereocenters. The van der Waals surface area contributed by atoms with Crippen molar-refractivity contribution in [2.75, 3.05) is 0 Å². The number of carbonyl (C=O) groups is 1. The molecule has 16 heavy (non-hydrogen) atoms. The van der Waals surface area contributed by atoms with E-state index in [1.807, 2.05) is 0 Å². The van der Waals surface area contributed by atoms with Crippen LogP contribution in [0.5, 0.6) is 0 Å². The Balaban J connectivity index is 2.59. The molecular formula is C15H28O. The van der Waals surface area contributed by atoms with Crippen molar-refractivity contribution >= 4 is 5.78 Å². The Morgan fingerprint density at radius 2 is 2.00 bits per heavy atom. The molecule has 1 aliphatic carbocycles. The van der Waals surface area contributed by atoms with Gasteiger partial charge in [0.05, 0.1) is 0 Å². The average Bonchev–Trinajstić information content (AvgIpc) is 2.25. The molecule has 1 fully saturated rings. The highest BCUT2D eigenvalue weighted by atomic mass is 16.1. The molecule has 0 bridgehead atoms. The van der Waals surface area contributed by atoms with Crippen LogP contribution in [-0.4, -0.2) is 5.78 Å². The molecule has 0 aliphatic heterocycles. The lowest BCUT2D eigenvalue weighted by molar-refractivity contribution is -0.127. The first kappa shape index (κ1) is 13.7. The Morgan fingerprint density at radius 3 is 2.56 bits per heavy atom. The molecule has 1 aliphatic rings. The summed E-state index contributed by atoms with van der Waals surface area (Å²) < 4.78 is 0. The Labute approximate surface area is 101 Å². The summed E-state index contributed by atoms with van der Waals surface area (Å²) in [7, 11) is 0. The number of Topliss-reactive ketones (excluding diaryl/α,β-unsaturated/α-hetero) is 1. The van der Waals surface area contributed by atoms with E-state index >= 15 is 0 Å². The maximum absolute atomic E-state index is 12.2. The lowest BCUT2D eigenvalue weighted by Crippen LogP contribution is -2.33. The highest BCUT2D eigenvalue weighted by Crippen LogP contribution is 2.39. The van der Waals surface area contributed by atoms with E-state index in [-0.39, 0.29) is 0 Å². The van der Waals surface area contributed by atoms with Gasteiger partial charge < -0.3 is 0 Å². The lowest BCUT2D eigenvalue weighted by atomic mass is 9.68. The minimum absolute atomic E-state index is 0.371. The first-order valence-corrected chi connectivity index (χ1v) is 7.09. The monoisotopic (exact) mass is 224 g/mol. The summed E-state index contributed by atoms with van der Waals surface area (Å²) in [5, 5.41) is 0. The Bertz CT molecular complexity index is 219. The Hall–Kier alpha value is -0.330. The second-order valence-electron chi connectivity index (χ2n) is 6.00. The highest BCUT2D eigenvalue weighted by Gasteiger charge is 2.34. The SMILES string of the molecule is CCCCC(=O)C1C[C@H](C)CC[C@H]1C(C)C. The Morgan fingerprint density at radius 1 is 1.31 bits per heavy atom. The van der Waals surface area contributed by atoms with E-state index in [4.69, 9.17) is 0 Å². The van der Waals surface area contributed by atoms with Crippen molar-refractivity contribution in [3.63, 3.8) is 0 Å². The van der Waals surface area contributed by atoms with Crippen LogP contribution in [0.25, 0.3) is 0 Å². The largest absolute Gasteiger partial charge is 0.299 e. The third-order valence-electron chi connectivity index (χ3n) is 4.21. The van der Waals surface area contributed by atoms with Gasteiger partial charge in [-0.3, -0.25) is 4.79 Å². The smallest absolute Gasteiger partial charge is 0.136 e. The Kier molecular flexibility index (Phi) is 5.51. The van der Waals surface area contributed by atoms with Gasteiger partial charge in [-0.1, -0.05) is 40.5 Å². The van der Waals surface area contributed by atoms with Crippen LogP contribution >= 0.6 is 0 Å². The fraction of sp³-hybridized carbons (Fsp3) is 0.933. The van der Waals surface area contributed by atoms with E-state index in [1.54, 1.807) is 0 Å². The van der Waals surface area contributed by atoms with Crippen LogP contribution in [0.1, 0.15) is 66.2 Å². The van der Waals surface area contributed by atoms with Crippen LogP contribution in [-0.2, 0) is 4.79 Å². The van der Waals surface area contributed by atoms with Crippen molar-refractivity contribution in [2.45, 2.75) is 66.2 Å². The predicted octanol–water partition coefficient (Wildman–Crippen LogP) is 4.45. The van der Waals surface area contributed by atoms with Crippen molar-refractivity contribution in [2.24, 2.45) is 23.7 Å². The molecule has 0 aromatic carbocycles. The molecule has 0 saturated heterocycles. The zero-order valence-electron chi connectivity index (χ0n) is 11.5. The summed E-state index contributed by atoms with van der Waals surface area (Å²) >= 11 is 0. The average molecular weight is 224 g/mol.